The number of ether oxygens (including phenoxy) is 1. The van der Waals surface area contributed by atoms with E-state index in [1.54, 1.807) is 26.0 Å². The first kappa shape index (κ1) is 16.3. The Kier molecular flexibility index (Phi) is 3.75. The number of fused-ring (bicyclic) bond motifs is 3. The topological polar surface area (TPSA) is 77.5 Å². The average molecular weight is 357 g/mol. The van der Waals surface area contributed by atoms with Gasteiger partial charge in [-0.3, -0.25) is 9.88 Å². The lowest BCUT2D eigenvalue weighted by Gasteiger charge is -2.25. The zero-order chi connectivity index (χ0) is 18.4. The Morgan fingerprint density at radius 3 is 2.58 bits per heavy atom. The van der Waals surface area contributed by atoms with E-state index in [1.807, 2.05) is 28.8 Å². The highest BCUT2D eigenvalue weighted by molar-refractivity contribution is 5.94. The van der Waals surface area contributed by atoms with E-state index >= 15 is 0 Å². The van der Waals surface area contributed by atoms with Crippen LogP contribution in [0.3, 0.4) is 0 Å². The Labute approximate surface area is 148 Å². The number of guanidine groups is 1. The number of anilines is 1. The first-order valence-electron chi connectivity index (χ1n) is 8.07. The van der Waals surface area contributed by atoms with E-state index in [1.165, 1.54) is 0 Å². The standard InChI is InChI=1S/C18H17F2N5O/c1-9-7-11(8-10(2)14(9)26-16(19)20)15-23-17(21)24-18-22-12-5-3-4-6-13(12)25(15)18/h3-8,15-16H,1-2H3,(H3,21,22,23,24). The molecule has 3 aromatic rings. The zero-order valence-electron chi connectivity index (χ0n) is 14.2. The number of nitrogens with zero attached hydrogens (tertiary/aromatic N) is 3. The van der Waals surface area contributed by atoms with Crippen LogP contribution < -0.4 is 15.8 Å². The second-order valence-electron chi connectivity index (χ2n) is 6.17. The summed E-state index contributed by atoms with van der Waals surface area (Å²) in [5.74, 6) is 1.03. The Morgan fingerprint density at radius 1 is 1.19 bits per heavy atom. The lowest BCUT2D eigenvalue weighted by Crippen LogP contribution is -2.31. The van der Waals surface area contributed by atoms with E-state index < -0.39 is 12.8 Å². The number of benzene rings is 2. The molecule has 4 rings (SSSR count). The molecule has 1 aromatic heterocycles. The lowest BCUT2D eigenvalue weighted by atomic mass is 10.0. The molecule has 1 aliphatic rings. The molecule has 0 saturated heterocycles. The molecule has 1 atom stereocenters. The van der Waals surface area contributed by atoms with Gasteiger partial charge in [0.1, 0.15) is 5.75 Å². The van der Waals surface area contributed by atoms with Gasteiger partial charge in [-0.15, -0.1) is 0 Å². The monoisotopic (exact) mass is 357 g/mol. The summed E-state index contributed by atoms with van der Waals surface area (Å²) in [4.78, 5) is 9.05. The summed E-state index contributed by atoms with van der Waals surface area (Å²) >= 11 is 0. The SMILES string of the molecule is Cc1cc(C2N=C(N)Nc3nc4ccccc4n32)cc(C)c1OC(F)F. The minimum absolute atomic E-state index is 0.186. The number of hydrogen-bond donors (Lipinski definition) is 2. The average Bonchev–Trinajstić information content (AvgIpc) is 2.95. The number of alkyl halides is 2. The minimum Gasteiger partial charge on any atom is -0.434 e. The number of hydrogen-bond acceptors (Lipinski definition) is 5. The number of para-hydroxylation sites is 2. The zero-order valence-corrected chi connectivity index (χ0v) is 14.2. The highest BCUT2D eigenvalue weighted by Gasteiger charge is 2.26. The van der Waals surface area contributed by atoms with Gasteiger partial charge in [0, 0.05) is 0 Å². The fourth-order valence-electron chi connectivity index (χ4n) is 3.35. The van der Waals surface area contributed by atoms with E-state index in [9.17, 15) is 8.78 Å². The molecule has 0 bridgehead atoms. The van der Waals surface area contributed by atoms with Crippen molar-refractivity contribution in [3.63, 3.8) is 0 Å². The minimum atomic E-state index is -2.87. The highest BCUT2D eigenvalue weighted by atomic mass is 19.3. The second-order valence-corrected chi connectivity index (χ2v) is 6.17. The number of imidazole rings is 1. The number of aliphatic imine (C=N–C) groups is 1. The van der Waals surface area contributed by atoms with E-state index in [2.05, 4.69) is 20.0 Å². The van der Waals surface area contributed by atoms with E-state index in [-0.39, 0.29) is 11.7 Å². The summed E-state index contributed by atoms with van der Waals surface area (Å²) in [5, 5.41) is 2.97. The van der Waals surface area contributed by atoms with Gasteiger partial charge in [-0.25, -0.2) is 9.98 Å². The van der Waals surface area contributed by atoms with Crippen LogP contribution in [0.25, 0.3) is 11.0 Å². The van der Waals surface area contributed by atoms with Gasteiger partial charge in [-0.05, 0) is 54.8 Å². The molecular formula is C18H17F2N5O. The van der Waals surface area contributed by atoms with Crippen molar-refractivity contribution in [3.8, 4) is 5.75 Å². The molecule has 0 amide bonds. The Morgan fingerprint density at radius 2 is 1.88 bits per heavy atom. The summed E-state index contributed by atoms with van der Waals surface area (Å²) in [5.41, 5.74) is 9.69. The fraction of sp³-hybridized carbons (Fsp3) is 0.222. The normalized spacial score (nSPS) is 16.3. The molecular weight excluding hydrogens is 340 g/mol. The molecule has 26 heavy (non-hydrogen) atoms. The molecule has 2 heterocycles. The van der Waals surface area contributed by atoms with E-state index in [0.29, 0.717) is 17.1 Å². The molecule has 3 N–H and O–H groups in total. The Hall–Kier alpha value is -3.16. The third-order valence-corrected chi connectivity index (χ3v) is 4.33. The molecule has 0 saturated carbocycles. The van der Waals surface area contributed by atoms with Gasteiger partial charge in [-0.2, -0.15) is 8.78 Å². The summed E-state index contributed by atoms with van der Waals surface area (Å²) < 4.78 is 31.8. The van der Waals surface area contributed by atoms with Gasteiger partial charge in [0.25, 0.3) is 0 Å². The van der Waals surface area contributed by atoms with Gasteiger partial charge >= 0.3 is 6.61 Å². The largest absolute Gasteiger partial charge is 0.434 e. The van der Waals surface area contributed by atoms with Crippen LogP contribution in [0.5, 0.6) is 5.75 Å². The fourth-order valence-corrected chi connectivity index (χ4v) is 3.35. The van der Waals surface area contributed by atoms with Gasteiger partial charge in [0.05, 0.1) is 11.0 Å². The van der Waals surface area contributed by atoms with Crippen molar-refractivity contribution in [2.24, 2.45) is 10.7 Å². The van der Waals surface area contributed by atoms with Crippen molar-refractivity contribution in [2.45, 2.75) is 26.6 Å². The molecule has 0 fully saturated rings. The maximum absolute atomic E-state index is 12.6. The van der Waals surface area contributed by atoms with Crippen LogP contribution in [-0.4, -0.2) is 22.1 Å². The summed E-state index contributed by atoms with van der Waals surface area (Å²) in [6.45, 7) is 0.597. The lowest BCUT2D eigenvalue weighted by molar-refractivity contribution is -0.0507. The van der Waals surface area contributed by atoms with Crippen LogP contribution >= 0.6 is 0 Å². The van der Waals surface area contributed by atoms with Crippen molar-refractivity contribution in [1.29, 1.82) is 0 Å². The van der Waals surface area contributed by atoms with Crippen LogP contribution in [-0.2, 0) is 0 Å². The van der Waals surface area contributed by atoms with Crippen molar-refractivity contribution in [3.05, 3.63) is 53.1 Å². The molecule has 0 aliphatic carbocycles. The van der Waals surface area contributed by atoms with Gasteiger partial charge in [0.2, 0.25) is 5.95 Å². The highest BCUT2D eigenvalue weighted by Crippen LogP contribution is 2.35. The van der Waals surface area contributed by atoms with E-state index in [4.69, 9.17) is 5.73 Å². The number of aryl methyl sites for hydroxylation is 2. The molecule has 0 spiro atoms. The second kappa shape index (κ2) is 5.98. The van der Waals surface area contributed by atoms with Gasteiger partial charge < -0.3 is 10.5 Å². The number of nitrogens with two attached hydrogens (primary N) is 1. The number of nitrogens with one attached hydrogen (secondary N) is 1. The first-order chi connectivity index (χ1) is 12.4. The number of halogens is 2. The van der Waals surface area contributed by atoms with Crippen LogP contribution in [0.15, 0.2) is 41.4 Å². The summed E-state index contributed by atoms with van der Waals surface area (Å²) in [6, 6.07) is 11.3. The third kappa shape index (κ3) is 2.63. The van der Waals surface area contributed by atoms with Crippen LogP contribution in [0.4, 0.5) is 14.7 Å². The summed E-state index contributed by atoms with van der Waals surface area (Å²) in [7, 11) is 0. The third-order valence-electron chi connectivity index (χ3n) is 4.33. The molecule has 1 aliphatic heterocycles. The predicted octanol–water partition coefficient (Wildman–Crippen LogP) is 3.54. The maximum Gasteiger partial charge on any atom is 0.387 e. The van der Waals surface area contributed by atoms with Crippen LogP contribution in [0, 0.1) is 13.8 Å². The van der Waals surface area contributed by atoms with Crippen molar-refractivity contribution in [2.75, 3.05) is 5.32 Å². The summed E-state index contributed by atoms with van der Waals surface area (Å²) in [6.07, 6.45) is -0.448. The molecule has 134 valence electrons. The Bertz CT molecular complexity index is 1000. The quantitative estimate of drug-likeness (QED) is 0.752. The van der Waals surface area contributed by atoms with Crippen LogP contribution in [0.2, 0.25) is 0 Å². The number of aromatic nitrogens is 2. The van der Waals surface area contributed by atoms with Gasteiger partial charge in [-0.1, -0.05) is 12.1 Å². The molecule has 1 unspecified atom stereocenters. The van der Waals surface area contributed by atoms with Gasteiger partial charge in [0.15, 0.2) is 12.1 Å². The molecule has 6 nitrogen and oxygen atoms in total. The first-order valence-corrected chi connectivity index (χ1v) is 8.07. The molecule has 8 heteroatoms. The Balaban J connectivity index is 1.87. The maximum atomic E-state index is 12.6. The van der Waals surface area contributed by atoms with Crippen molar-refractivity contribution >= 4 is 22.9 Å². The molecule has 2 aromatic carbocycles. The van der Waals surface area contributed by atoms with Crippen molar-refractivity contribution < 1.29 is 13.5 Å². The predicted molar refractivity (Wildman–Crippen MR) is 95.7 cm³/mol. The number of rotatable bonds is 3. The smallest absolute Gasteiger partial charge is 0.387 e. The van der Waals surface area contributed by atoms with Crippen LogP contribution in [0.1, 0.15) is 22.9 Å². The van der Waals surface area contributed by atoms with Crippen molar-refractivity contribution in [1.82, 2.24) is 9.55 Å². The van der Waals surface area contributed by atoms with E-state index in [0.717, 1.165) is 16.6 Å². The molecule has 0 radical (unpaired) electrons.